The van der Waals surface area contributed by atoms with Crippen molar-refractivity contribution < 1.29 is 23.8 Å². The number of aliphatic hydroxyl groups is 1. The van der Waals surface area contributed by atoms with E-state index >= 15 is 0 Å². The highest BCUT2D eigenvalue weighted by Crippen LogP contribution is 2.33. The summed E-state index contributed by atoms with van der Waals surface area (Å²) in [6, 6.07) is 22.0. The number of carbonyl (C=O) groups is 1. The lowest BCUT2D eigenvalue weighted by Crippen LogP contribution is -2.42. The van der Waals surface area contributed by atoms with Crippen LogP contribution in [-0.2, 0) is 27.5 Å². The molecule has 3 aromatic carbocycles. The van der Waals surface area contributed by atoms with Crippen LogP contribution in [0.5, 0.6) is 0 Å². The van der Waals surface area contributed by atoms with Crippen LogP contribution in [0.4, 0.5) is 0 Å². The van der Waals surface area contributed by atoms with Crippen LogP contribution in [0, 0.1) is 0 Å². The number of imidazole rings is 1. The standard InChI is InChI=1S/C35H33N3O7/c39-19-22-9-11-23(12-10-22)20-44-32-18-24(27-21-43-30-8-4-1-5-26(30)33(27)40)17-31(45-32)34(41)37-15-13-25(14-16-37)38-29-7-3-2-6-28(29)36-35(38)42/h1-12,17,21,24-25,32,39H,13-16,18-20H2,(H,36,42)/t24-,32+/m1/s1. The van der Waals surface area contributed by atoms with E-state index in [1.807, 2.05) is 54.6 Å². The SMILES string of the molecule is O=C(C1=C[C@@H](c2coc3ccccc3c2=O)C[C@@H](OCc2ccc(CO)cc2)O1)N1CCC(n2c(=O)[nH]c3ccccc32)CC1. The minimum absolute atomic E-state index is 0.0396. The second-order valence-electron chi connectivity index (χ2n) is 11.6. The molecule has 5 aromatic rings. The molecule has 0 bridgehead atoms. The van der Waals surface area contributed by atoms with Gasteiger partial charge in [0.1, 0.15) is 5.58 Å². The predicted octanol–water partition coefficient (Wildman–Crippen LogP) is 4.72. The van der Waals surface area contributed by atoms with Gasteiger partial charge in [0.05, 0.1) is 35.9 Å². The minimum atomic E-state index is -0.787. The van der Waals surface area contributed by atoms with E-state index in [9.17, 15) is 19.5 Å². The van der Waals surface area contributed by atoms with Crippen LogP contribution in [0.25, 0.3) is 22.0 Å². The lowest BCUT2D eigenvalue weighted by Gasteiger charge is -2.35. The number of aromatic nitrogens is 2. The van der Waals surface area contributed by atoms with Crippen molar-refractivity contribution in [2.45, 2.75) is 50.7 Å². The molecule has 2 atom stereocenters. The van der Waals surface area contributed by atoms with Crippen LogP contribution < -0.4 is 11.1 Å². The average molecular weight is 608 g/mol. The van der Waals surface area contributed by atoms with E-state index in [2.05, 4.69) is 4.98 Å². The number of hydrogen-bond donors (Lipinski definition) is 2. The van der Waals surface area contributed by atoms with Crippen molar-refractivity contribution in [3.8, 4) is 0 Å². The number of para-hydroxylation sites is 3. The highest BCUT2D eigenvalue weighted by atomic mass is 16.7. The van der Waals surface area contributed by atoms with Gasteiger partial charge in [-0.1, -0.05) is 48.5 Å². The number of aliphatic hydroxyl groups excluding tert-OH is 1. The van der Waals surface area contributed by atoms with Crippen molar-refractivity contribution in [1.29, 1.82) is 0 Å². The summed E-state index contributed by atoms with van der Waals surface area (Å²) in [5.41, 5.74) is 3.95. The number of ether oxygens (including phenoxy) is 2. The van der Waals surface area contributed by atoms with Crippen molar-refractivity contribution in [2.75, 3.05) is 13.1 Å². The average Bonchev–Trinajstić information content (AvgIpc) is 3.43. The lowest BCUT2D eigenvalue weighted by atomic mass is 9.93. The number of hydrogen-bond acceptors (Lipinski definition) is 7. The van der Waals surface area contributed by atoms with Gasteiger partial charge in [0.25, 0.3) is 5.91 Å². The first kappa shape index (κ1) is 28.8. The van der Waals surface area contributed by atoms with Crippen molar-refractivity contribution in [3.63, 3.8) is 0 Å². The highest BCUT2D eigenvalue weighted by Gasteiger charge is 2.34. The van der Waals surface area contributed by atoms with E-state index in [-0.39, 0.29) is 42.0 Å². The summed E-state index contributed by atoms with van der Waals surface area (Å²) in [7, 11) is 0. The molecule has 0 saturated carbocycles. The zero-order valence-electron chi connectivity index (χ0n) is 24.6. The first-order valence-electron chi connectivity index (χ1n) is 15.2. The van der Waals surface area contributed by atoms with Gasteiger partial charge in [0.2, 0.25) is 6.29 Å². The third-order valence-corrected chi connectivity index (χ3v) is 8.76. The topological polar surface area (TPSA) is 127 Å². The Labute approximate surface area is 258 Å². The summed E-state index contributed by atoms with van der Waals surface area (Å²) in [6.07, 6.45) is 3.93. The second-order valence-corrected chi connectivity index (χ2v) is 11.6. The van der Waals surface area contributed by atoms with E-state index in [4.69, 9.17) is 13.9 Å². The third kappa shape index (κ3) is 5.70. The summed E-state index contributed by atoms with van der Waals surface area (Å²) in [4.78, 5) is 44.8. The number of benzene rings is 3. The number of allylic oxidation sites excluding steroid dienone is 1. The van der Waals surface area contributed by atoms with E-state index in [0.29, 0.717) is 48.9 Å². The van der Waals surface area contributed by atoms with Crippen LogP contribution in [-0.4, -0.2) is 44.8 Å². The molecule has 2 aliphatic rings. The number of aromatic amines is 1. The van der Waals surface area contributed by atoms with Crippen LogP contribution in [0.3, 0.4) is 0 Å². The van der Waals surface area contributed by atoms with Gasteiger partial charge < -0.3 is 28.9 Å². The fraction of sp³-hybridized carbons (Fsp3) is 0.286. The molecule has 10 heteroatoms. The van der Waals surface area contributed by atoms with Gasteiger partial charge in [0.15, 0.2) is 11.2 Å². The molecule has 2 aromatic heterocycles. The van der Waals surface area contributed by atoms with Crippen molar-refractivity contribution >= 4 is 27.9 Å². The van der Waals surface area contributed by atoms with Crippen LogP contribution in [0.1, 0.15) is 47.9 Å². The molecule has 2 N–H and O–H groups in total. The molecule has 230 valence electrons. The molecule has 0 radical (unpaired) electrons. The normalized spacial score (nSPS) is 19.0. The van der Waals surface area contributed by atoms with E-state index < -0.39 is 12.2 Å². The minimum Gasteiger partial charge on any atom is -0.464 e. The zero-order chi connectivity index (χ0) is 30.9. The quantitative estimate of drug-likeness (QED) is 0.274. The van der Waals surface area contributed by atoms with E-state index in [0.717, 1.165) is 22.2 Å². The third-order valence-electron chi connectivity index (χ3n) is 8.76. The number of amides is 1. The van der Waals surface area contributed by atoms with Gasteiger partial charge in [-0.05, 0) is 54.3 Å². The highest BCUT2D eigenvalue weighted by molar-refractivity contribution is 5.92. The molecular formula is C35H33N3O7. The lowest BCUT2D eigenvalue weighted by molar-refractivity contribution is -0.156. The van der Waals surface area contributed by atoms with Gasteiger partial charge in [-0.2, -0.15) is 0 Å². The Morgan fingerprint density at radius 3 is 2.49 bits per heavy atom. The molecule has 1 saturated heterocycles. The number of likely N-dealkylation sites (tertiary alicyclic amines) is 1. The summed E-state index contributed by atoms with van der Waals surface area (Å²) < 4.78 is 19.9. The molecule has 4 heterocycles. The van der Waals surface area contributed by atoms with Crippen LogP contribution >= 0.6 is 0 Å². The summed E-state index contributed by atoms with van der Waals surface area (Å²) in [5.74, 6) is -0.625. The Balaban J connectivity index is 1.12. The second kappa shape index (κ2) is 12.2. The smallest absolute Gasteiger partial charge is 0.326 e. The van der Waals surface area contributed by atoms with Gasteiger partial charge in [-0.25, -0.2) is 4.79 Å². The molecule has 1 amide bonds. The Hall–Kier alpha value is -4.93. The fourth-order valence-corrected chi connectivity index (χ4v) is 6.33. The Morgan fingerprint density at radius 1 is 0.956 bits per heavy atom. The van der Waals surface area contributed by atoms with Gasteiger partial charge in [-0.3, -0.25) is 14.2 Å². The molecule has 45 heavy (non-hydrogen) atoms. The van der Waals surface area contributed by atoms with Crippen LogP contribution in [0.2, 0.25) is 0 Å². The first-order chi connectivity index (χ1) is 22.0. The molecule has 1 fully saturated rings. The van der Waals surface area contributed by atoms with Crippen molar-refractivity contribution in [1.82, 2.24) is 14.5 Å². The number of H-pyrrole nitrogens is 1. The van der Waals surface area contributed by atoms with Gasteiger partial charge >= 0.3 is 5.69 Å². The van der Waals surface area contributed by atoms with E-state index in [1.165, 1.54) is 6.26 Å². The first-order valence-corrected chi connectivity index (χ1v) is 15.2. The number of carbonyl (C=O) groups excluding carboxylic acids is 1. The maximum atomic E-state index is 13.9. The monoisotopic (exact) mass is 607 g/mol. The van der Waals surface area contributed by atoms with Crippen molar-refractivity contribution in [3.05, 3.63) is 128 Å². The molecule has 0 spiro atoms. The Kier molecular flexibility index (Phi) is 7.83. The molecule has 10 nitrogen and oxygen atoms in total. The van der Waals surface area contributed by atoms with Gasteiger partial charge in [-0.15, -0.1) is 0 Å². The van der Waals surface area contributed by atoms with Gasteiger partial charge in [0, 0.05) is 37.0 Å². The number of fused-ring (bicyclic) bond motifs is 2. The largest absolute Gasteiger partial charge is 0.464 e. The maximum absolute atomic E-state index is 13.9. The summed E-state index contributed by atoms with van der Waals surface area (Å²) >= 11 is 0. The molecule has 2 aliphatic heterocycles. The fourth-order valence-electron chi connectivity index (χ4n) is 6.33. The number of nitrogens with one attached hydrogen (secondary N) is 1. The van der Waals surface area contributed by atoms with Crippen LogP contribution in [0.15, 0.2) is 105 Å². The maximum Gasteiger partial charge on any atom is 0.326 e. The summed E-state index contributed by atoms with van der Waals surface area (Å²) in [5, 5.41) is 9.82. The molecule has 7 rings (SSSR count). The predicted molar refractivity (Wildman–Crippen MR) is 167 cm³/mol. The number of nitrogens with zero attached hydrogens (tertiary/aromatic N) is 2. The molecule has 0 unspecified atom stereocenters. The molecule has 0 aliphatic carbocycles. The molecular weight excluding hydrogens is 574 g/mol. The number of rotatable bonds is 7. The van der Waals surface area contributed by atoms with E-state index in [1.54, 1.807) is 33.7 Å². The Morgan fingerprint density at radius 2 is 1.69 bits per heavy atom. The zero-order valence-corrected chi connectivity index (χ0v) is 24.6. The Bertz CT molecular complexity index is 2000. The van der Waals surface area contributed by atoms with Crippen molar-refractivity contribution in [2.24, 2.45) is 0 Å². The number of piperidine rings is 1. The summed E-state index contributed by atoms with van der Waals surface area (Å²) in [6.45, 7) is 1.07.